The van der Waals surface area contributed by atoms with E-state index in [0.717, 1.165) is 59.2 Å². The Balaban J connectivity index is 1.89. The van der Waals surface area contributed by atoms with Crippen molar-refractivity contribution in [3.63, 3.8) is 0 Å². The maximum absolute atomic E-state index is 5.96. The number of fused-ring (bicyclic) bond motifs is 1. The first kappa shape index (κ1) is 19.5. The first-order valence-electron chi connectivity index (χ1n) is 9.62. The highest BCUT2D eigenvalue weighted by molar-refractivity contribution is 6.30. The van der Waals surface area contributed by atoms with E-state index < -0.39 is 0 Å². The third-order valence-corrected chi connectivity index (χ3v) is 4.59. The van der Waals surface area contributed by atoms with Crippen molar-refractivity contribution in [3.05, 3.63) is 64.2 Å². The molecule has 1 heterocycles. The third kappa shape index (κ3) is 5.14. The van der Waals surface area contributed by atoms with Crippen LogP contribution in [-0.4, -0.2) is 25.5 Å². The fourth-order valence-electron chi connectivity index (χ4n) is 2.97. The predicted octanol–water partition coefficient (Wildman–Crippen LogP) is 5.98. The van der Waals surface area contributed by atoms with Crippen LogP contribution < -0.4 is 9.47 Å². The molecule has 0 aromatic heterocycles. The largest absolute Gasteiger partial charge is 0.490 e. The van der Waals surface area contributed by atoms with Gasteiger partial charge in [-0.2, -0.15) is 0 Å². The zero-order valence-corrected chi connectivity index (χ0v) is 16.8. The highest BCUT2D eigenvalue weighted by atomic mass is 35.5. The van der Waals surface area contributed by atoms with Crippen molar-refractivity contribution in [2.45, 2.75) is 33.1 Å². The van der Waals surface area contributed by atoms with Crippen LogP contribution in [-0.2, 0) is 6.42 Å². The second kappa shape index (κ2) is 9.61. The quantitative estimate of drug-likeness (QED) is 0.561. The van der Waals surface area contributed by atoms with Gasteiger partial charge in [-0.05, 0) is 60.7 Å². The van der Waals surface area contributed by atoms with E-state index in [0.29, 0.717) is 13.2 Å². The van der Waals surface area contributed by atoms with Crippen LogP contribution in [0.5, 0.6) is 11.5 Å². The van der Waals surface area contributed by atoms with Crippen LogP contribution in [0.25, 0.3) is 6.08 Å². The van der Waals surface area contributed by atoms with Crippen LogP contribution in [0.15, 0.2) is 47.5 Å². The molecule has 0 atom stereocenters. The smallest absolute Gasteiger partial charge is 0.161 e. The Hall–Kier alpha value is -2.26. The first-order chi connectivity index (χ1) is 13.2. The van der Waals surface area contributed by atoms with Crippen molar-refractivity contribution in [1.29, 1.82) is 0 Å². The fourth-order valence-corrected chi connectivity index (χ4v) is 3.10. The van der Waals surface area contributed by atoms with Gasteiger partial charge in [-0.1, -0.05) is 43.7 Å². The molecule has 0 saturated carbocycles. The van der Waals surface area contributed by atoms with Crippen molar-refractivity contribution >= 4 is 23.4 Å². The molecule has 0 bridgehead atoms. The molecule has 3 rings (SSSR count). The van der Waals surface area contributed by atoms with Gasteiger partial charge >= 0.3 is 0 Å². The molecule has 2 aromatic rings. The lowest BCUT2D eigenvalue weighted by Crippen LogP contribution is -2.12. The van der Waals surface area contributed by atoms with E-state index in [9.17, 15) is 0 Å². The summed E-state index contributed by atoms with van der Waals surface area (Å²) in [6, 6.07) is 12.0. The summed E-state index contributed by atoms with van der Waals surface area (Å²) in [4.78, 5) is 4.72. The molecule has 0 fully saturated rings. The minimum Gasteiger partial charge on any atom is -0.490 e. The SMILES string of the molecule is CCCOc1cc2c(cc1OCCC)C(/C=C/c1ccc(Cl)cc1)=NCC2. The Morgan fingerprint density at radius 1 is 0.963 bits per heavy atom. The third-order valence-electron chi connectivity index (χ3n) is 4.34. The lowest BCUT2D eigenvalue weighted by Gasteiger charge is -2.20. The lowest BCUT2D eigenvalue weighted by atomic mass is 9.96. The van der Waals surface area contributed by atoms with Gasteiger partial charge in [0.05, 0.1) is 18.9 Å². The number of ether oxygens (including phenoxy) is 2. The second-order valence-electron chi connectivity index (χ2n) is 6.55. The van der Waals surface area contributed by atoms with Gasteiger partial charge in [-0.25, -0.2) is 0 Å². The van der Waals surface area contributed by atoms with Gasteiger partial charge in [0.25, 0.3) is 0 Å². The van der Waals surface area contributed by atoms with Gasteiger partial charge in [0.15, 0.2) is 11.5 Å². The van der Waals surface area contributed by atoms with Gasteiger partial charge in [0.1, 0.15) is 0 Å². The Labute approximate surface area is 166 Å². The van der Waals surface area contributed by atoms with Gasteiger partial charge < -0.3 is 9.47 Å². The van der Waals surface area contributed by atoms with Crippen molar-refractivity contribution in [3.8, 4) is 11.5 Å². The number of benzene rings is 2. The molecule has 2 aromatic carbocycles. The number of aliphatic imine (C=N–C) groups is 1. The first-order valence-corrected chi connectivity index (χ1v) is 10.00. The molecular formula is C23H26ClNO2. The number of nitrogens with zero attached hydrogens (tertiary/aromatic N) is 1. The number of hydrogen-bond donors (Lipinski definition) is 0. The zero-order valence-electron chi connectivity index (χ0n) is 16.0. The van der Waals surface area contributed by atoms with Gasteiger partial charge in [-0.3, -0.25) is 4.99 Å². The fraction of sp³-hybridized carbons (Fsp3) is 0.348. The topological polar surface area (TPSA) is 30.8 Å². The van der Waals surface area contributed by atoms with Crippen LogP contribution in [0.1, 0.15) is 43.4 Å². The average Bonchev–Trinajstić information content (AvgIpc) is 2.70. The number of allylic oxidation sites excluding steroid dienone is 1. The van der Waals surface area contributed by atoms with E-state index in [2.05, 4.69) is 38.1 Å². The van der Waals surface area contributed by atoms with Crippen molar-refractivity contribution in [1.82, 2.24) is 0 Å². The molecule has 3 nitrogen and oxygen atoms in total. The molecule has 142 valence electrons. The van der Waals surface area contributed by atoms with Gasteiger partial charge in [-0.15, -0.1) is 0 Å². The lowest BCUT2D eigenvalue weighted by molar-refractivity contribution is 0.268. The average molecular weight is 384 g/mol. The molecule has 0 amide bonds. The van der Waals surface area contributed by atoms with E-state index in [1.165, 1.54) is 5.56 Å². The highest BCUT2D eigenvalue weighted by Crippen LogP contribution is 2.33. The summed E-state index contributed by atoms with van der Waals surface area (Å²) in [5.41, 5.74) is 4.46. The summed E-state index contributed by atoms with van der Waals surface area (Å²) in [5.74, 6) is 1.64. The van der Waals surface area contributed by atoms with Gasteiger partial charge in [0, 0.05) is 17.1 Å². The molecule has 1 aliphatic rings. The summed E-state index contributed by atoms with van der Waals surface area (Å²) in [6.07, 6.45) is 6.99. The maximum Gasteiger partial charge on any atom is 0.161 e. The van der Waals surface area contributed by atoms with E-state index in [1.807, 2.05) is 24.3 Å². The standard InChI is InChI=1S/C23H26ClNO2/c1-3-13-26-22-15-18-11-12-25-21(20(18)16-23(22)27-14-4-2)10-7-17-5-8-19(24)9-6-17/h5-10,15-16H,3-4,11-14H2,1-2H3/b10-7+. The number of hydrogen-bond acceptors (Lipinski definition) is 3. The van der Waals surface area contributed by atoms with Crippen LogP contribution >= 0.6 is 11.6 Å². The monoisotopic (exact) mass is 383 g/mol. The van der Waals surface area contributed by atoms with Gasteiger partial charge in [0.2, 0.25) is 0 Å². The summed E-state index contributed by atoms with van der Waals surface area (Å²) in [5, 5.41) is 0.741. The van der Waals surface area contributed by atoms with E-state index in [1.54, 1.807) is 0 Å². The molecule has 0 saturated heterocycles. The second-order valence-corrected chi connectivity index (χ2v) is 6.99. The summed E-state index contributed by atoms with van der Waals surface area (Å²) in [6.45, 7) is 6.37. The molecular weight excluding hydrogens is 358 g/mol. The summed E-state index contributed by atoms with van der Waals surface area (Å²) >= 11 is 5.96. The maximum atomic E-state index is 5.96. The number of rotatable bonds is 8. The van der Waals surface area contributed by atoms with Crippen molar-refractivity contribution in [2.24, 2.45) is 4.99 Å². The Kier molecular flexibility index (Phi) is 6.94. The summed E-state index contributed by atoms with van der Waals surface area (Å²) in [7, 11) is 0. The Morgan fingerprint density at radius 3 is 2.30 bits per heavy atom. The molecule has 0 aliphatic carbocycles. The molecule has 0 unspecified atom stereocenters. The molecule has 0 radical (unpaired) electrons. The molecule has 0 spiro atoms. The summed E-state index contributed by atoms with van der Waals surface area (Å²) < 4.78 is 11.9. The van der Waals surface area contributed by atoms with Crippen molar-refractivity contribution < 1.29 is 9.47 Å². The molecule has 0 N–H and O–H groups in total. The van der Waals surface area contributed by atoms with E-state index in [4.69, 9.17) is 26.1 Å². The zero-order chi connectivity index (χ0) is 19.1. The van der Waals surface area contributed by atoms with Crippen LogP contribution in [0.2, 0.25) is 5.02 Å². The normalized spacial score (nSPS) is 13.4. The minimum absolute atomic E-state index is 0.675. The molecule has 27 heavy (non-hydrogen) atoms. The van der Waals surface area contributed by atoms with Crippen LogP contribution in [0, 0.1) is 0 Å². The van der Waals surface area contributed by atoms with E-state index in [-0.39, 0.29) is 0 Å². The number of halogens is 1. The highest BCUT2D eigenvalue weighted by Gasteiger charge is 2.17. The Bertz CT molecular complexity index is 825. The Morgan fingerprint density at radius 2 is 1.63 bits per heavy atom. The molecule has 4 heteroatoms. The molecule has 1 aliphatic heterocycles. The predicted molar refractivity (Wildman–Crippen MR) is 114 cm³/mol. The van der Waals surface area contributed by atoms with Crippen LogP contribution in [0.4, 0.5) is 0 Å². The minimum atomic E-state index is 0.675. The van der Waals surface area contributed by atoms with E-state index >= 15 is 0 Å². The van der Waals surface area contributed by atoms with Crippen LogP contribution in [0.3, 0.4) is 0 Å². The van der Waals surface area contributed by atoms with Crippen molar-refractivity contribution in [2.75, 3.05) is 19.8 Å².